The van der Waals surface area contributed by atoms with E-state index < -0.39 is 0 Å². The smallest absolute Gasteiger partial charge is 0.110 e. The van der Waals surface area contributed by atoms with Crippen molar-refractivity contribution in [2.45, 2.75) is 72.6 Å². The monoisotopic (exact) mass is 295 g/mol. The Kier molecular flexibility index (Phi) is 7.40. The largest absolute Gasteiger partial charge is 0.379 e. The Morgan fingerprint density at radius 3 is 2.52 bits per heavy atom. The maximum absolute atomic E-state index is 5.82. The Labute approximate surface area is 130 Å². The normalized spacial score (nSPS) is 15.1. The number of hydrogen-bond acceptors (Lipinski definition) is 3. The number of ether oxygens (including phenoxy) is 1. The first-order valence-corrected chi connectivity index (χ1v) is 8.20. The average molecular weight is 295 g/mol. The number of rotatable bonds is 9. The van der Waals surface area contributed by atoms with Gasteiger partial charge in [0.25, 0.3) is 0 Å². The van der Waals surface area contributed by atoms with Crippen molar-refractivity contribution >= 4 is 0 Å². The van der Waals surface area contributed by atoms with Gasteiger partial charge in [-0.15, -0.1) is 0 Å². The van der Waals surface area contributed by atoms with Gasteiger partial charge in [-0.05, 0) is 24.8 Å². The molecule has 0 aromatic carbocycles. The number of nitrogens with zero attached hydrogens (tertiary/aromatic N) is 2. The van der Waals surface area contributed by atoms with Gasteiger partial charge in [-0.1, -0.05) is 34.6 Å². The van der Waals surface area contributed by atoms with E-state index in [9.17, 15) is 0 Å². The minimum atomic E-state index is 0.0995. The first-order chi connectivity index (χ1) is 9.93. The van der Waals surface area contributed by atoms with E-state index in [2.05, 4.69) is 55.7 Å². The van der Waals surface area contributed by atoms with Crippen molar-refractivity contribution in [2.75, 3.05) is 13.7 Å². The molecule has 0 spiro atoms. The highest BCUT2D eigenvalue weighted by Gasteiger charge is 2.32. The van der Waals surface area contributed by atoms with E-state index in [1.165, 1.54) is 0 Å². The Balaban J connectivity index is 2.88. The summed E-state index contributed by atoms with van der Waals surface area (Å²) in [6.07, 6.45) is 7.30. The van der Waals surface area contributed by atoms with Crippen molar-refractivity contribution < 1.29 is 4.74 Å². The lowest BCUT2D eigenvalue weighted by atomic mass is 9.83. The van der Waals surface area contributed by atoms with Crippen LogP contribution in [0, 0.1) is 5.41 Å². The molecule has 0 aliphatic heterocycles. The summed E-state index contributed by atoms with van der Waals surface area (Å²) in [5.41, 5.74) is 0.0995. The molecule has 0 amide bonds. The Hall–Kier alpha value is -0.870. The summed E-state index contributed by atoms with van der Waals surface area (Å²) in [5.74, 6) is 1.15. The van der Waals surface area contributed by atoms with Crippen molar-refractivity contribution in [3.05, 3.63) is 18.2 Å². The van der Waals surface area contributed by atoms with Crippen molar-refractivity contribution in [1.29, 1.82) is 0 Å². The summed E-state index contributed by atoms with van der Waals surface area (Å²) in [5, 5.41) is 3.66. The van der Waals surface area contributed by atoms with Gasteiger partial charge < -0.3 is 14.6 Å². The number of methoxy groups -OCH3 is 1. The van der Waals surface area contributed by atoms with E-state index in [0.717, 1.165) is 38.2 Å². The third-order valence-electron chi connectivity index (χ3n) is 3.80. The van der Waals surface area contributed by atoms with Gasteiger partial charge in [0.2, 0.25) is 0 Å². The summed E-state index contributed by atoms with van der Waals surface area (Å²) >= 11 is 0. The zero-order valence-corrected chi connectivity index (χ0v) is 14.6. The Morgan fingerprint density at radius 2 is 2.00 bits per heavy atom. The van der Waals surface area contributed by atoms with Gasteiger partial charge in [0, 0.05) is 38.5 Å². The fourth-order valence-electron chi connectivity index (χ4n) is 2.91. The van der Waals surface area contributed by atoms with Crippen LogP contribution in [0.4, 0.5) is 0 Å². The molecule has 2 atom stereocenters. The molecule has 21 heavy (non-hydrogen) atoms. The van der Waals surface area contributed by atoms with Crippen molar-refractivity contribution in [2.24, 2.45) is 5.41 Å². The highest BCUT2D eigenvalue weighted by molar-refractivity contribution is 4.99. The molecule has 0 aliphatic rings. The summed E-state index contributed by atoms with van der Waals surface area (Å²) < 4.78 is 8.08. The van der Waals surface area contributed by atoms with E-state index in [0.29, 0.717) is 0 Å². The third-order valence-corrected chi connectivity index (χ3v) is 3.80. The van der Waals surface area contributed by atoms with Crippen LogP contribution in [0.2, 0.25) is 0 Å². The molecule has 1 heterocycles. The maximum atomic E-state index is 5.82. The van der Waals surface area contributed by atoms with Crippen LogP contribution in [0.25, 0.3) is 0 Å². The zero-order chi connectivity index (χ0) is 15.9. The van der Waals surface area contributed by atoms with E-state index in [-0.39, 0.29) is 17.6 Å². The molecule has 0 radical (unpaired) electrons. The van der Waals surface area contributed by atoms with E-state index in [4.69, 9.17) is 4.74 Å². The molecule has 0 saturated carbocycles. The lowest BCUT2D eigenvalue weighted by molar-refractivity contribution is -0.0115. The lowest BCUT2D eigenvalue weighted by Crippen LogP contribution is -2.49. The highest BCUT2D eigenvalue weighted by atomic mass is 16.5. The molecule has 2 unspecified atom stereocenters. The van der Waals surface area contributed by atoms with E-state index in [1.807, 2.05) is 13.3 Å². The standard InChI is InChI=1S/C17H33N3O/c1-7-9-18-14(16(21-6)17(3,4)5)13-15-19-10-12-20(15)11-8-2/h10,12,14,16,18H,7-9,11,13H2,1-6H3. The summed E-state index contributed by atoms with van der Waals surface area (Å²) in [4.78, 5) is 4.55. The van der Waals surface area contributed by atoms with E-state index in [1.54, 1.807) is 0 Å². The number of imidazole rings is 1. The molecule has 0 saturated heterocycles. The fourth-order valence-corrected chi connectivity index (χ4v) is 2.91. The van der Waals surface area contributed by atoms with Crippen LogP contribution >= 0.6 is 0 Å². The molecule has 1 aromatic rings. The number of aromatic nitrogens is 2. The molecule has 1 N–H and O–H groups in total. The summed E-state index contributed by atoms with van der Waals surface area (Å²) in [7, 11) is 1.81. The predicted molar refractivity (Wildman–Crippen MR) is 88.6 cm³/mol. The molecular formula is C17H33N3O. The van der Waals surface area contributed by atoms with Crippen LogP contribution in [0.1, 0.15) is 53.3 Å². The second-order valence-electron chi connectivity index (χ2n) is 6.82. The first-order valence-electron chi connectivity index (χ1n) is 8.20. The molecule has 0 bridgehead atoms. The van der Waals surface area contributed by atoms with Crippen LogP contribution in [0.5, 0.6) is 0 Å². The SMILES string of the molecule is CCCNC(Cc1nccn1CCC)C(OC)C(C)(C)C. The number of nitrogens with one attached hydrogen (secondary N) is 1. The van der Waals surface area contributed by atoms with Crippen molar-refractivity contribution in [1.82, 2.24) is 14.9 Å². The van der Waals surface area contributed by atoms with Crippen molar-refractivity contribution in [3.8, 4) is 0 Å². The highest BCUT2D eigenvalue weighted by Crippen LogP contribution is 2.26. The molecule has 122 valence electrons. The Morgan fingerprint density at radius 1 is 1.29 bits per heavy atom. The van der Waals surface area contributed by atoms with Crippen LogP contribution < -0.4 is 5.32 Å². The molecular weight excluding hydrogens is 262 g/mol. The summed E-state index contributed by atoms with van der Waals surface area (Å²) in [6.45, 7) is 13.1. The molecule has 4 nitrogen and oxygen atoms in total. The fraction of sp³-hybridized carbons (Fsp3) is 0.824. The van der Waals surface area contributed by atoms with Crippen LogP contribution in [0.3, 0.4) is 0 Å². The molecule has 0 fully saturated rings. The van der Waals surface area contributed by atoms with E-state index >= 15 is 0 Å². The van der Waals surface area contributed by atoms with Gasteiger partial charge in [-0.2, -0.15) is 0 Å². The van der Waals surface area contributed by atoms with Gasteiger partial charge in [-0.25, -0.2) is 4.98 Å². The topological polar surface area (TPSA) is 39.1 Å². The first kappa shape index (κ1) is 18.2. The van der Waals surface area contributed by atoms with Gasteiger partial charge in [0.1, 0.15) is 5.82 Å². The van der Waals surface area contributed by atoms with Gasteiger partial charge >= 0.3 is 0 Å². The average Bonchev–Trinajstić information content (AvgIpc) is 2.83. The Bertz CT molecular complexity index is 395. The third kappa shape index (κ3) is 5.44. The van der Waals surface area contributed by atoms with Gasteiger partial charge in [0.05, 0.1) is 6.10 Å². The second kappa shape index (κ2) is 8.54. The minimum Gasteiger partial charge on any atom is -0.379 e. The number of hydrogen-bond donors (Lipinski definition) is 1. The molecule has 0 aliphatic carbocycles. The second-order valence-corrected chi connectivity index (χ2v) is 6.82. The van der Waals surface area contributed by atoms with Crippen LogP contribution in [0.15, 0.2) is 12.4 Å². The van der Waals surface area contributed by atoms with Crippen molar-refractivity contribution in [3.63, 3.8) is 0 Å². The lowest BCUT2D eigenvalue weighted by Gasteiger charge is -2.36. The maximum Gasteiger partial charge on any atom is 0.110 e. The number of aryl methyl sites for hydroxylation is 1. The van der Waals surface area contributed by atoms with Crippen LogP contribution in [-0.4, -0.2) is 35.4 Å². The van der Waals surface area contributed by atoms with Gasteiger partial charge in [-0.3, -0.25) is 0 Å². The minimum absolute atomic E-state index is 0.0995. The molecule has 1 aromatic heterocycles. The quantitative estimate of drug-likeness (QED) is 0.760. The zero-order valence-electron chi connectivity index (χ0n) is 14.6. The van der Waals surface area contributed by atoms with Crippen LogP contribution in [-0.2, 0) is 17.7 Å². The molecule has 1 rings (SSSR count). The summed E-state index contributed by atoms with van der Waals surface area (Å²) in [6, 6.07) is 0.285. The predicted octanol–water partition coefficient (Wildman–Crippen LogP) is 3.26. The molecule has 4 heteroatoms. The van der Waals surface area contributed by atoms with Gasteiger partial charge in [0.15, 0.2) is 0 Å².